The van der Waals surface area contributed by atoms with Gasteiger partial charge < -0.3 is 10.2 Å². The van der Waals surface area contributed by atoms with Crippen LogP contribution >= 0.6 is 0 Å². The number of hydrogen-bond acceptors (Lipinski definition) is 4. The van der Waals surface area contributed by atoms with Crippen molar-refractivity contribution in [1.82, 2.24) is 20.1 Å². The van der Waals surface area contributed by atoms with Crippen LogP contribution in [0.2, 0.25) is 0 Å². The molecular formula is C21H23N5O. The quantitative estimate of drug-likeness (QED) is 0.745. The Kier molecular flexibility index (Phi) is 4.87. The Bertz CT molecular complexity index is 921. The number of benzene rings is 1. The molecule has 2 aromatic heterocycles. The maximum Gasteiger partial charge on any atom is 0.257 e. The molecule has 27 heavy (non-hydrogen) atoms. The Hall–Kier alpha value is -3.15. The topological polar surface area (TPSA) is 73.9 Å². The molecule has 1 aliphatic rings. The van der Waals surface area contributed by atoms with Crippen molar-refractivity contribution < 1.29 is 4.79 Å². The lowest BCUT2D eigenvalue weighted by Crippen LogP contribution is -2.39. The molecule has 4 rings (SSSR count). The molecule has 2 N–H and O–H groups in total. The van der Waals surface area contributed by atoms with Crippen molar-refractivity contribution >= 4 is 11.7 Å². The number of rotatable bonds is 4. The van der Waals surface area contributed by atoms with Gasteiger partial charge in [-0.25, -0.2) is 4.98 Å². The van der Waals surface area contributed by atoms with E-state index in [4.69, 9.17) is 0 Å². The summed E-state index contributed by atoms with van der Waals surface area (Å²) < 4.78 is 0. The number of aromatic nitrogens is 3. The minimum Gasteiger partial charge on any atom is -0.372 e. The lowest BCUT2D eigenvalue weighted by Gasteiger charge is -2.33. The Morgan fingerprint density at radius 3 is 2.89 bits per heavy atom. The Balaban J connectivity index is 1.58. The molecule has 3 heterocycles. The summed E-state index contributed by atoms with van der Waals surface area (Å²) in [6.45, 7) is 1.45. The molecule has 6 nitrogen and oxygen atoms in total. The second-order valence-corrected chi connectivity index (χ2v) is 6.80. The zero-order valence-corrected chi connectivity index (χ0v) is 15.4. The molecule has 0 bridgehead atoms. The Morgan fingerprint density at radius 2 is 2.07 bits per heavy atom. The summed E-state index contributed by atoms with van der Waals surface area (Å²) in [5.74, 6) is 0.893. The SMILES string of the molecule is CNc1ncccc1C(=O)N1CCCC(c2[nH]ncc2-c2ccccc2)C1. The third-order valence-corrected chi connectivity index (χ3v) is 5.15. The normalized spacial score (nSPS) is 16.9. The number of pyridine rings is 1. The van der Waals surface area contributed by atoms with Gasteiger partial charge in [0.2, 0.25) is 0 Å². The largest absolute Gasteiger partial charge is 0.372 e. The predicted molar refractivity (Wildman–Crippen MR) is 106 cm³/mol. The van der Waals surface area contributed by atoms with Gasteiger partial charge in [-0.1, -0.05) is 30.3 Å². The molecule has 1 amide bonds. The summed E-state index contributed by atoms with van der Waals surface area (Å²) in [7, 11) is 1.79. The molecule has 0 saturated carbocycles. The van der Waals surface area contributed by atoms with Gasteiger partial charge in [0, 0.05) is 43.5 Å². The first-order chi connectivity index (χ1) is 13.3. The number of H-pyrrole nitrogens is 1. The first kappa shape index (κ1) is 17.3. The van der Waals surface area contributed by atoms with Gasteiger partial charge in [-0.2, -0.15) is 5.10 Å². The van der Waals surface area contributed by atoms with Gasteiger partial charge in [0.05, 0.1) is 11.8 Å². The smallest absolute Gasteiger partial charge is 0.257 e. The van der Waals surface area contributed by atoms with E-state index in [9.17, 15) is 4.79 Å². The molecule has 1 aliphatic heterocycles. The number of piperidine rings is 1. The summed E-state index contributed by atoms with van der Waals surface area (Å²) in [6.07, 6.45) is 5.58. The zero-order valence-electron chi connectivity index (χ0n) is 15.4. The lowest BCUT2D eigenvalue weighted by atomic mass is 9.90. The molecule has 1 unspecified atom stereocenters. The lowest BCUT2D eigenvalue weighted by molar-refractivity contribution is 0.0706. The highest BCUT2D eigenvalue weighted by atomic mass is 16.2. The number of nitrogens with zero attached hydrogens (tertiary/aromatic N) is 3. The molecule has 138 valence electrons. The van der Waals surface area contributed by atoms with E-state index < -0.39 is 0 Å². The van der Waals surface area contributed by atoms with E-state index in [0.29, 0.717) is 17.9 Å². The van der Waals surface area contributed by atoms with Gasteiger partial charge in [0.25, 0.3) is 5.91 Å². The standard InChI is InChI=1S/C21H23N5O/c1-22-20-17(10-5-11-23-20)21(27)26-12-6-9-16(14-26)19-18(13-24-25-19)15-7-3-2-4-8-15/h2-5,7-8,10-11,13,16H,6,9,12,14H2,1H3,(H,22,23)(H,24,25). The number of nitrogens with one attached hydrogen (secondary N) is 2. The third-order valence-electron chi connectivity index (χ3n) is 5.15. The van der Waals surface area contributed by atoms with Crippen LogP contribution in [0.4, 0.5) is 5.82 Å². The predicted octanol–water partition coefficient (Wildman–Crippen LogP) is 3.53. The van der Waals surface area contributed by atoms with E-state index in [1.54, 1.807) is 19.3 Å². The van der Waals surface area contributed by atoms with Gasteiger partial charge >= 0.3 is 0 Å². The molecular weight excluding hydrogens is 338 g/mol. The van der Waals surface area contributed by atoms with Crippen LogP contribution in [0.5, 0.6) is 0 Å². The van der Waals surface area contributed by atoms with Crippen molar-refractivity contribution in [2.24, 2.45) is 0 Å². The summed E-state index contributed by atoms with van der Waals surface area (Å²) >= 11 is 0. The van der Waals surface area contributed by atoms with Gasteiger partial charge in [0.15, 0.2) is 0 Å². The first-order valence-electron chi connectivity index (χ1n) is 9.28. The van der Waals surface area contributed by atoms with Crippen molar-refractivity contribution in [1.29, 1.82) is 0 Å². The van der Waals surface area contributed by atoms with Crippen LogP contribution in [0.1, 0.15) is 34.8 Å². The number of carbonyl (C=O) groups excluding carboxylic acids is 1. The minimum absolute atomic E-state index is 0.0259. The molecule has 1 atom stereocenters. The average Bonchev–Trinajstić information content (AvgIpc) is 3.24. The van der Waals surface area contributed by atoms with Crippen molar-refractivity contribution in [3.05, 3.63) is 66.1 Å². The number of likely N-dealkylation sites (tertiary alicyclic amines) is 1. The van der Waals surface area contributed by atoms with E-state index in [0.717, 1.165) is 36.2 Å². The molecule has 0 spiro atoms. The monoisotopic (exact) mass is 361 g/mol. The van der Waals surface area contributed by atoms with Crippen LogP contribution in [0, 0.1) is 0 Å². The molecule has 0 aliphatic carbocycles. The van der Waals surface area contributed by atoms with Crippen LogP contribution in [0.3, 0.4) is 0 Å². The minimum atomic E-state index is 0.0259. The van der Waals surface area contributed by atoms with Gasteiger partial charge in [-0.3, -0.25) is 9.89 Å². The highest BCUT2D eigenvalue weighted by Crippen LogP contribution is 2.33. The number of carbonyl (C=O) groups is 1. The highest BCUT2D eigenvalue weighted by molar-refractivity contribution is 5.98. The maximum atomic E-state index is 13.1. The van der Waals surface area contributed by atoms with E-state index in [1.165, 1.54) is 0 Å². The second-order valence-electron chi connectivity index (χ2n) is 6.80. The Morgan fingerprint density at radius 1 is 1.22 bits per heavy atom. The van der Waals surface area contributed by atoms with Gasteiger partial charge in [0.1, 0.15) is 5.82 Å². The maximum absolute atomic E-state index is 13.1. The van der Waals surface area contributed by atoms with E-state index in [1.807, 2.05) is 35.4 Å². The molecule has 1 fully saturated rings. The molecule has 1 saturated heterocycles. The number of aromatic amines is 1. The number of hydrogen-bond donors (Lipinski definition) is 2. The van der Waals surface area contributed by atoms with Crippen LogP contribution in [0.15, 0.2) is 54.9 Å². The van der Waals surface area contributed by atoms with Crippen LogP contribution in [-0.2, 0) is 0 Å². The summed E-state index contributed by atoms with van der Waals surface area (Å²) in [5, 5.41) is 10.5. The number of amides is 1. The fraction of sp³-hybridized carbons (Fsp3) is 0.286. The highest BCUT2D eigenvalue weighted by Gasteiger charge is 2.29. The average molecular weight is 361 g/mol. The fourth-order valence-corrected chi connectivity index (χ4v) is 3.80. The number of anilines is 1. The third kappa shape index (κ3) is 3.43. The molecule has 0 radical (unpaired) electrons. The Labute approximate surface area is 158 Å². The fourth-order valence-electron chi connectivity index (χ4n) is 3.80. The van der Waals surface area contributed by atoms with Crippen molar-refractivity contribution in [3.8, 4) is 11.1 Å². The van der Waals surface area contributed by atoms with E-state index >= 15 is 0 Å². The summed E-state index contributed by atoms with van der Waals surface area (Å²) in [5.41, 5.74) is 3.99. The van der Waals surface area contributed by atoms with E-state index in [-0.39, 0.29) is 11.8 Å². The molecule has 3 aromatic rings. The zero-order chi connectivity index (χ0) is 18.6. The van der Waals surface area contributed by atoms with Crippen LogP contribution in [-0.4, -0.2) is 46.1 Å². The second kappa shape index (κ2) is 7.61. The van der Waals surface area contributed by atoms with Gasteiger partial charge in [-0.05, 0) is 30.5 Å². The molecule has 1 aromatic carbocycles. The van der Waals surface area contributed by atoms with Crippen LogP contribution < -0.4 is 5.32 Å². The summed E-state index contributed by atoms with van der Waals surface area (Å²) in [6, 6.07) is 13.9. The van der Waals surface area contributed by atoms with Crippen molar-refractivity contribution in [2.75, 3.05) is 25.5 Å². The van der Waals surface area contributed by atoms with Gasteiger partial charge in [-0.15, -0.1) is 0 Å². The van der Waals surface area contributed by atoms with E-state index in [2.05, 4.69) is 32.6 Å². The molecule has 6 heteroatoms. The van der Waals surface area contributed by atoms with Crippen molar-refractivity contribution in [3.63, 3.8) is 0 Å². The van der Waals surface area contributed by atoms with Crippen LogP contribution in [0.25, 0.3) is 11.1 Å². The summed E-state index contributed by atoms with van der Waals surface area (Å²) in [4.78, 5) is 19.3. The first-order valence-corrected chi connectivity index (χ1v) is 9.28. The van der Waals surface area contributed by atoms with Crippen molar-refractivity contribution in [2.45, 2.75) is 18.8 Å².